The third-order valence-electron chi connectivity index (χ3n) is 15.1. The van der Waals surface area contributed by atoms with Crippen LogP contribution in [0.4, 0.5) is 11.4 Å². The summed E-state index contributed by atoms with van der Waals surface area (Å²) in [6.07, 6.45) is 10.5. The van der Waals surface area contributed by atoms with Crippen LogP contribution in [0, 0.1) is 0 Å². The van der Waals surface area contributed by atoms with Gasteiger partial charge in [0.25, 0.3) is 10.5 Å². The molecule has 10 aromatic rings. The Morgan fingerprint density at radius 3 is 1.90 bits per heavy atom. The molecule has 2 aliphatic heterocycles. The van der Waals surface area contributed by atoms with E-state index in [4.69, 9.17) is 9.15 Å². The number of nitrogens with zero attached hydrogens (tertiary/aromatic N) is 4. The summed E-state index contributed by atoms with van der Waals surface area (Å²) in [5.74, 6) is 1.70. The van der Waals surface area contributed by atoms with E-state index < -0.39 is 31.7 Å². The van der Waals surface area contributed by atoms with Crippen LogP contribution in [-0.2, 0) is 33.3 Å². The third kappa shape index (κ3) is 12.8. The molecule has 12 rings (SSSR count). The smallest absolute Gasteiger partial charge is 0.374 e. The van der Waals surface area contributed by atoms with E-state index >= 15 is 0 Å². The summed E-state index contributed by atoms with van der Waals surface area (Å²) >= 11 is 3.23. The molecule has 0 unspecified atom stereocenters. The van der Waals surface area contributed by atoms with Crippen molar-refractivity contribution in [3.63, 3.8) is 0 Å². The number of allylic oxidation sites excluding steroid dienone is 4. The van der Waals surface area contributed by atoms with Crippen molar-refractivity contribution in [1.29, 1.82) is 0 Å². The van der Waals surface area contributed by atoms with Crippen molar-refractivity contribution >= 4 is 110 Å². The van der Waals surface area contributed by atoms with Crippen molar-refractivity contribution < 1.29 is 44.2 Å². The first-order chi connectivity index (χ1) is 40.7. The standard InChI is InChI=1S/C35H33N2O2.C33H32N2O6S4/c1-4-25(21-34-36(5-2)30-23-28(17-19-32(30)38-34)26-13-9-7-10-14-26)22-35-37(6-3)31-24-29(18-20-33(31)39-35)27-15-11-8-12-16-27;1-2-23(21-30-34(17-7-19-44(36,37)38)32-26-11-5-3-9-24(26)13-15-28(32)42-30)22-31-35(18-8-20-45(39,40)41)33-27-12-6-4-10-25(27)14-16-29(33)43-31/h7-24H,4-6H2,1-3H3;3-6,9-16,21-22H,2,7-8,17-20H2,1H3,(H-,36,37,38,39,40,41)/q+1;/p-1. The van der Waals surface area contributed by atoms with Crippen molar-refractivity contribution in [3.8, 4) is 28.0 Å². The lowest BCUT2D eigenvalue weighted by Gasteiger charge is -2.22. The number of benzene rings is 8. The van der Waals surface area contributed by atoms with Gasteiger partial charge in [-0.2, -0.15) is 9.13 Å². The second kappa shape index (κ2) is 25.2. The fraction of sp³-hybridized carbons (Fsp3) is 0.206. The highest BCUT2D eigenvalue weighted by Gasteiger charge is 2.30. The van der Waals surface area contributed by atoms with Gasteiger partial charge >= 0.3 is 5.89 Å². The summed E-state index contributed by atoms with van der Waals surface area (Å²) < 4.78 is 86.7. The van der Waals surface area contributed by atoms with E-state index in [2.05, 4.69) is 192 Å². The van der Waals surface area contributed by atoms with E-state index in [1.54, 1.807) is 23.1 Å². The second-order valence-corrected chi connectivity index (χ2v) is 25.8. The summed E-state index contributed by atoms with van der Waals surface area (Å²) in [6.45, 7) is 10.9. The van der Waals surface area contributed by atoms with Crippen LogP contribution in [0.3, 0.4) is 0 Å². The Labute approximate surface area is 499 Å². The van der Waals surface area contributed by atoms with Crippen LogP contribution in [0.1, 0.15) is 64.3 Å². The minimum absolute atomic E-state index is 0.198. The molecule has 0 aliphatic carbocycles. The third-order valence-corrected chi connectivity index (χ3v) is 18.9. The zero-order chi connectivity index (χ0) is 58.5. The number of rotatable bonds is 18. The molecule has 0 N–H and O–H groups in total. The largest absolute Gasteiger partial charge is 0.748 e. The van der Waals surface area contributed by atoms with Crippen molar-refractivity contribution in [2.75, 3.05) is 34.4 Å². The van der Waals surface area contributed by atoms with Gasteiger partial charge in [0.2, 0.25) is 17.0 Å². The quantitative estimate of drug-likeness (QED) is 0.0596. The maximum absolute atomic E-state index is 11.4. The van der Waals surface area contributed by atoms with E-state index in [-0.39, 0.29) is 12.8 Å². The van der Waals surface area contributed by atoms with Crippen molar-refractivity contribution in [1.82, 2.24) is 0 Å². The molecule has 16 heteroatoms. The monoisotopic (exact) mass is 1190 g/mol. The van der Waals surface area contributed by atoms with Gasteiger partial charge in [-0.15, -0.1) is 0 Å². The summed E-state index contributed by atoms with van der Waals surface area (Å²) in [6, 6.07) is 58.2. The zero-order valence-electron chi connectivity index (χ0n) is 47.2. The maximum Gasteiger partial charge on any atom is 0.374 e. The summed E-state index contributed by atoms with van der Waals surface area (Å²) in [7, 11) is -8.69. The molecule has 4 heterocycles. The molecule has 0 saturated heterocycles. The minimum atomic E-state index is -4.34. The van der Waals surface area contributed by atoms with Gasteiger partial charge in [-0.3, -0.25) is 0 Å². The molecule has 0 fully saturated rings. The average molecular weight is 1190 g/mol. The Hall–Kier alpha value is -7.83. The lowest BCUT2D eigenvalue weighted by molar-refractivity contribution is -0.674. The fourth-order valence-corrected chi connectivity index (χ4v) is 14.3. The number of ether oxygens (including phenoxy) is 1. The van der Waals surface area contributed by atoms with Crippen LogP contribution in [0.5, 0.6) is 5.75 Å². The Kier molecular flexibility index (Phi) is 17.4. The topological polar surface area (TPSA) is 151 Å². The number of fused-ring (bicyclic) bond motifs is 8. The van der Waals surface area contributed by atoms with Gasteiger partial charge in [0.1, 0.15) is 11.2 Å². The molecular weight excluding hydrogens is 1130 g/mol. The second-order valence-electron chi connectivity index (χ2n) is 20.6. The Morgan fingerprint density at radius 2 is 1.23 bits per heavy atom. The van der Waals surface area contributed by atoms with Crippen LogP contribution in [0.2, 0.25) is 0 Å². The van der Waals surface area contributed by atoms with E-state index in [0.29, 0.717) is 19.5 Å². The predicted molar refractivity (Wildman–Crippen MR) is 341 cm³/mol. The normalized spacial score (nSPS) is 14.7. The molecule has 2 aliphatic rings. The Morgan fingerprint density at radius 1 is 0.607 bits per heavy atom. The number of aromatic nitrogens is 2. The molecule has 0 atom stereocenters. The number of oxazole rings is 1. The number of hydrogen-bond acceptors (Lipinski definition) is 12. The Balaban J connectivity index is 0.000000177. The average Bonchev–Trinajstić information content (AvgIpc) is 3.93. The highest BCUT2D eigenvalue weighted by molar-refractivity contribution is 8.03. The molecule has 84 heavy (non-hydrogen) atoms. The van der Waals surface area contributed by atoms with Crippen molar-refractivity contribution in [2.24, 2.45) is 0 Å². The molecule has 2 aromatic heterocycles. The molecule has 12 nitrogen and oxygen atoms in total. The predicted octanol–water partition coefficient (Wildman–Crippen LogP) is 15.2. The fourth-order valence-electron chi connectivity index (χ4n) is 11.0. The number of aryl methyl sites for hydroxylation is 2. The highest BCUT2D eigenvalue weighted by atomic mass is 32.2. The van der Waals surface area contributed by atoms with Crippen LogP contribution in [0.15, 0.2) is 213 Å². The van der Waals surface area contributed by atoms with E-state index in [0.717, 1.165) is 117 Å². The minimum Gasteiger partial charge on any atom is -0.748 e. The van der Waals surface area contributed by atoms with Crippen LogP contribution in [-0.4, -0.2) is 50.5 Å². The van der Waals surface area contributed by atoms with Crippen LogP contribution >= 0.6 is 23.1 Å². The number of hydrogen-bond donors (Lipinski definition) is 0. The van der Waals surface area contributed by atoms with Gasteiger partial charge in [-0.05, 0) is 120 Å². The first-order valence-corrected chi connectivity index (χ1v) is 33.2. The van der Waals surface area contributed by atoms with Gasteiger partial charge < -0.3 is 28.1 Å². The lowest BCUT2D eigenvalue weighted by Crippen LogP contribution is -2.36. The van der Waals surface area contributed by atoms with Gasteiger partial charge in [0, 0.05) is 59.5 Å². The van der Waals surface area contributed by atoms with Gasteiger partial charge in [0.05, 0.1) is 48.1 Å². The molecule has 0 amide bonds. The first kappa shape index (κ1) is 58.0. The SMILES string of the molecule is CCC(=C\c1oc2ccc(-c3ccccc3)cc2[n+]1CC)/C=C1/Oc2ccc(-c3ccccc3)cc2N1CC.CCC(=C\c1sc2ccc3ccccc3c2[n+]1CCCS(=O)(=O)[O-])/C=C1/Sc2ccc3ccccc3c2N1CCCS(=O)(=O)[O-]. The molecule has 0 radical (unpaired) electrons. The summed E-state index contributed by atoms with van der Waals surface area (Å²) in [5, 5.41) is 6.14. The first-order valence-electron chi connectivity index (χ1n) is 28.4. The van der Waals surface area contributed by atoms with E-state index in [1.807, 2.05) is 48.5 Å². The van der Waals surface area contributed by atoms with Crippen molar-refractivity contribution in [2.45, 2.75) is 71.4 Å². The summed E-state index contributed by atoms with van der Waals surface area (Å²) in [4.78, 5) is 5.41. The molecule has 8 aromatic carbocycles. The molecule has 0 spiro atoms. The number of thiazole rings is 1. The lowest BCUT2D eigenvalue weighted by atomic mass is 10.0. The maximum atomic E-state index is 11.4. The molecular formula is C68H64N4O8S4. The number of anilines is 2. The molecule has 0 bridgehead atoms. The number of thioether (sulfide) groups is 1. The van der Waals surface area contributed by atoms with E-state index in [9.17, 15) is 25.9 Å². The van der Waals surface area contributed by atoms with Gasteiger partial charge in [-0.25, -0.2) is 16.8 Å². The van der Waals surface area contributed by atoms with Crippen molar-refractivity contribution in [3.05, 3.63) is 215 Å². The van der Waals surface area contributed by atoms with Crippen LogP contribution in [0.25, 0.3) is 77.3 Å². The molecule has 428 valence electrons. The van der Waals surface area contributed by atoms with Crippen LogP contribution < -0.4 is 23.7 Å². The Bertz CT molecular complexity index is 4460. The van der Waals surface area contributed by atoms with Gasteiger partial charge in [0.15, 0.2) is 12.3 Å². The van der Waals surface area contributed by atoms with E-state index in [1.165, 1.54) is 22.3 Å². The zero-order valence-corrected chi connectivity index (χ0v) is 50.5. The van der Waals surface area contributed by atoms with Gasteiger partial charge in [-0.1, -0.05) is 164 Å². The molecule has 0 saturated carbocycles. The highest BCUT2D eigenvalue weighted by Crippen LogP contribution is 2.50. The summed E-state index contributed by atoms with van der Waals surface area (Å²) in [5.41, 5.74) is 12.0.